The highest BCUT2D eigenvalue weighted by Crippen LogP contribution is 2.62. The zero-order valence-corrected chi connectivity index (χ0v) is 33.6. The molecule has 12 rings (SSSR count). The van der Waals surface area contributed by atoms with E-state index in [1.165, 1.54) is 22.3 Å². The molecule has 0 radical (unpaired) electrons. The van der Waals surface area contributed by atoms with Crippen LogP contribution in [-0.4, -0.2) is 15.0 Å². The molecule has 0 amide bonds. The van der Waals surface area contributed by atoms with Gasteiger partial charge in [0.15, 0.2) is 17.5 Å². The minimum atomic E-state index is -0.576. The van der Waals surface area contributed by atoms with E-state index >= 15 is 0 Å². The number of para-hydroxylation sites is 1. The fourth-order valence-electron chi connectivity index (χ4n) is 9.59. The van der Waals surface area contributed by atoms with Gasteiger partial charge in [-0.25, -0.2) is 15.0 Å². The molecule has 62 heavy (non-hydrogen) atoms. The lowest BCUT2D eigenvalue weighted by molar-refractivity contribution is 0.436. The monoisotopic (exact) mass is 791 g/mol. The van der Waals surface area contributed by atoms with Crippen molar-refractivity contribution in [2.45, 2.75) is 5.41 Å². The lowest BCUT2D eigenvalue weighted by atomic mass is 9.65. The van der Waals surface area contributed by atoms with Crippen LogP contribution in [-0.2, 0) is 5.41 Å². The molecule has 4 heteroatoms. The summed E-state index contributed by atoms with van der Waals surface area (Å²) in [5, 5.41) is 0. The Morgan fingerprint density at radius 3 is 1.21 bits per heavy atom. The Bertz CT molecular complexity index is 3160. The second-order valence-corrected chi connectivity index (χ2v) is 15.9. The SMILES string of the molecule is c1ccc(-c2ccc(-c3nc(-c4ccc(-c5ccccc5)cc4)nc(-c4ccccc4-c4ccc5c(c4)C4(c6ccccc6O5)c5ccccc5-c5ccccc54)n3)cc2)cc1. The summed E-state index contributed by atoms with van der Waals surface area (Å²) < 4.78 is 6.77. The number of nitrogens with zero attached hydrogens (tertiary/aromatic N) is 3. The van der Waals surface area contributed by atoms with Crippen molar-refractivity contribution in [2.24, 2.45) is 0 Å². The van der Waals surface area contributed by atoms with Gasteiger partial charge in [0.05, 0.1) is 5.41 Å². The van der Waals surface area contributed by atoms with E-state index in [-0.39, 0.29) is 0 Å². The number of fused-ring (bicyclic) bond motifs is 9. The summed E-state index contributed by atoms with van der Waals surface area (Å²) in [7, 11) is 0. The van der Waals surface area contributed by atoms with Crippen LogP contribution in [0.5, 0.6) is 11.5 Å². The number of hydrogen-bond acceptors (Lipinski definition) is 4. The molecule has 0 unspecified atom stereocenters. The summed E-state index contributed by atoms with van der Waals surface area (Å²) in [6.07, 6.45) is 0. The van der Waals surface area contributed by atoms with Gasteiger partial charge in [-0.15, -0.1) is 0 Å². The van der Waals surface area contributed by atoms with E-state index in [0.717, 1.165) is 72.7 Å². The summed E-state index contributed by atoms with van der Waals surface area (Å²) in [5.74, 6) is 3.54. The van der Waals surface area contributed by atoms with Crippen LogP contribution in [0.4, 0.5) is 0 Å². The molecule has 2 heterocycles. The lowest BCUT2D eigenvalue weighted by Gasteiger charge is -2.39. The summed E-state index contributed by atoms with van der Waals surface area (Å²) >= 11 is 0. The van der Waals surface area contributed by atoms with Crippen molar-refractivity contribution in [3.8, 4) is 90.2 Å². The molecule has 9 aromatic carbocycles. The van der Waals surface area contributed by atoms with Gasteiger partial charge in [-0.1, -0.05) is 206 Å². The van der Waals surface area contributed by atoms with Gasteiger partial charge in [-0.3, -0.25) is 0 Å². The molecule has 0 N–H and O–H groups in total. The van der Waals surface area contributed by atoms with E-state index in [4.69, 9.17) is 19.7 Å². The van der Waals surface area contributed by atoms with Crippen LogP contribution >= 0.6 is 0 Å². The molecule has 0 saturated carbocycles. The maximum Gasteiger partial charge on any atom is 0.164 e. The van der Waals surface area contributed by atoms with Gasteiger partial charge in [0.25, 0.3) is 0 Å². The van der Waals surface area contributed by atoms with Crippen molar-refractivity contribution in [1.82, 2.24) is 15.0 Å². The molecular formula is C58H37N3O. The van der Waals surface area contributed by atoms with E-state index in [9.17, 15) is 0 Å². The van der Waals surface area contributed by atoms with Crippen LogP contribution in [0.3, 0.4) is 0 Å². The van der Waals surface area contributed by atoms with Crippen LogP contribution in [0.15, 0.2) is 224 Å². The number of benzene rings is 9. The van der Waals surface area contributed by atoms with Crippen molar-refractivity contribution in [2.75, 3.05) is 0 Å². The molecule has 1 spiro atoms. The van der Waals surface area contributed by atoms with Crippen molar-refractivity contribution in [3.63, 3.8) is 0 Å². The van der Waals surface area contributed by atoms with Crippen LogP contribution in [0.25, 0.3) is 78.7 Å². The van der Waals surface area contributed by atoms with E-state index in [1.54, 1.807) is 0 Å². The Morgan fingerprint density at radius 1 is 0.258 bits per heavy atom. The Labute approximate surface area is 360 Å². The van der Waals surface area contributed by atoms with Gasteiger partial charge >= 0.3 is 0 Å². The first-order chi connectivity index (χ1) is 30.7. The van der Waals surface area contributed by atoms with Crippen LogP contribution in [0, 0.1) is 0 Å². The molecule has 0 atom stereocenters. The highest BCUT2D eigenvalue weighted by Gasteiger charge is 2.51. The fraction of sp³-hybridized carbons (Fsp3) is 0.0172. The third-order valence-corrected chi connectivity index (χ3v) is 12.5. The molecule has 10 aromatic rings. The van der Waals surface area contributed by atoms with Gasteiger partial charge < -0.3 is 4.74 Å². The lowest BCUT2D eigenvalue weighted by Crippen LogP contribution is -2.32. The first kappa shape index (κ1) is 35.7. The Balaban J connectivity index is 1.03. The molecule has 1 aromatic heterocycles. The predicted octanol–water partition coefficient (Wildman–Crippen LogP) is 14.3. The number of rotatable bonds is 6. The average Bonchev–Trinajstić information content (AvgIpc) is 3.65. The molecule has 0 bridgehead atoms. The van der Waals surface area contributed by atoms with Gasteiger partial charge in [0, 0.05) is 27.8 Å². The minimum Gasteiger partial charge on any atom is -0.457 e. The third kappa shape index (κ3) is 5.72. The van der Waals surface area contributed by atoms with Crippen LogP contribution in [0.1, 0.15) is 22.3 Å². The maximum atomic E-state index is 6.77. The summed E-state index contributed by atoms with van der Waals surface area (Å²) in [6, 6.07) is 79.0. The van der Waals surface area contributed by atoms with Gasteiger partial charge in [-0.05, 0) is 73.8 Å². The summed E-state index contributed by atoms with van der Waals surface area (Å²) in [6.45, 7) is 0. The topological polar surface area (TPSA) is 47.9 Å². The first-order valence-electron chi connectivity index (χ1n) is 21.0. The highest BCUT2D eigenvalue weighted by atomic mass is 16.5. The Morgan fingerprint density at radius 2 is 0.645 bits per heavy atom. The predicted molar refractivity (Wildman–Crippen MR) is 250 cm³/mol. The van der Waals surface area contributed by atoms with Gasteiger partial charge in [0.2, 0.25) is 0 Å². The molecular weight excluding hydrogens is 755 g/mol. The van der Waals surface area contributed by atoms with Crippen molar-refractivity contribution in [3.05, 3.63) is 247 Å². The Hall–Kier alpha value is -8.21. The highest BCUT2D eigenvalue weighted by molar-refractivity contribution is 5.90. The number of hydrogen-bond donors (Lipinski definition) is 0. The first-order valence-corrected chi connectivity index (χ1v) is 21.0. The molecule has 1 aliphatic heterocycles. The van der Waals surface area contributed by atoms with E-state index in [1.807, 2.05) is 12.1 Å². The van der Waals surface area contributed by atoms with E-state index in [0.29, 0.717) is 17.5 Å². The standard InChI is InChI=1S/C58H37N3O/c1-3-15-38(16-4-1)40-27-31-42(32-28-40)55-59-56(43-33-29-41(30-34-43)39-17-5-2-6-18-39)61-57(60-55)48-22-8-7-19-45(48)44-35-36-54-52(37-44)58(51-25-13-14-26-53(51)62-54)49-23-11-9-20-46(49)47-21-10-12-24-50(47)58/h1-37H. The molecule has 0 fully saturated rings. The normalized spacial score (nSPS) is 12.8. The van der Waals surface area contributed by atoms with Crippen molar-refractivity contribution in [1.29, 1.82) is 0 Å². The largest absolute Gasteiger partial charge is 0.457 e. The number of aromatic nitrogens is 3. The molecule has 290 valence electrons. The summed E-state index contributed by atoms with van der Waals surface area (Å²) in [5.41, 5.74) is 16.1. The fourth-order valence-corrected chi connectivity index (χ4v) is 9.59. The van der Waals surface area contributed by atoms with E-state index in [2.05, 4.69) is 212 Å². The van der Waals surface area contributed by atoms with Gasteiger partial charge in [0.1, 0.15) is 11.5 Å². The second-order valence-electron chi connectivity index (χ2n) is 15.9. The molecule has 0 saturated heterocycles. The summed E-state index contributed by atoms with van der Waals surface area (Å²) in [4.78, 5) is 15.6. The second kappa shape index (κ2) is 14.5. The molecule has 2 aliphatic rings. The molecule has 4 nitrogen and oxygen atoms in total. The van der Waals surface area contributed by atoms with Crippen LogP contribution in [0.2, 0.25) is 0 Å². The zero-order valence-electron chi connectivity index (χ0n) is 33.6. The smallest absolute Gasteiger partial charge is 0.164 e. The van der Waals surface area contributed by atoms with E-state index < -0.39 is 5.41 Å². The average molecular weight is 792 g/mol. The zero-order chi connectivity index (χ0) is 41.0. The third-order valence-electron chi connectivity index (χ3n) is 12.5. The molecule has 1 aliphatic carbocycles. The van der Waals surface area contributed by atoms with Gasteiger partial charge in [-0.2, -0.15) is 0 Å². The quantitative estimate of drug-likeness (QED) is 0.168. The minimum absolute atomic E-state index is 0.576. The number of ether oxygens (including phenoxy) is 1. The van der Waals surface area contributed by atoms with Crippen molar-refractivity contribution >= 4 is 0 Å². The van der Waals surface area contributed by atoms with Crippen LogP contribution < -0.4 is 4.74 Å². The maximum absolute atomic E-state index is 6.77. The van der Waals surface area contributed by atoms with Crippen molar-refractivity contribution < 1.29 is 4.74 Å². The Kier molecular flexibility index (Phi) is 8.36.